The van der Waals surface area contributed by atoms with E-state index in [1.807, 2.05) is 23.6 Å². The highest BCUT2D eigenvalue weighted by molar-refractivity contribution is 7.13. The second-order valence-electron chi connectivity index (χ2n) is 5.19. The quantitative estimate of drug-likeness (QED) is 0.810. The predicted molar refractivity (Wildman–Crippen MR) is 87.1 cm³/mol. The lowest BCUT2D eigenvalue weighted by atomic mass is 9.95. The Kier molecular flexibility index (Phi) is 5.39. The molecule has 2 atom stereocenters. The van der Waals surface area contributed by atoms with Crippen molar-refractivity contribution < 1.29 is 4.79 Å². The second kappa shape index (κ2) is 7.06. The van der Waals surface area contributed by atoms with Gasteiger partial charge in [0.15, 0.2) is 5.69 Å². The molecule has 0 bridgehead atoms. The average Bonchev–Trinajstić information content (AvgIpc) is 3.11. The van der Waals surface area contributed by atoms with Crippen LogP contribution in [0.25, 0.3) is 10.6 Å². The number of rotatable bonds is 3. The fraction of sp³-hybridized carbons (Fsp3) is 0.429. The number of hydrogen-bond acceptors (Lipinski definition) is 4. The first kappa shape index (κ1) is 16.0. The summed E-state index contributed by atoms with van der Waals surface area (Å²) in [6.45, 7) is 4.03. The van der Waals surface area contributed by atoms with Gasteiger partial charge >= 0.3 is 0 Å². The van der Waals surface area contributed by atoms with Crippen LogP contribution in [0.1, 0.15) is 23.8 Å². The molecule has 2 aromatic heterocycles. The third-order valence-electron chi connectivity index (χ3n) is 3.74. The Bertz CT molecular complexity index is 584. The first-order chi connectivity index (χ1) is 9.74. The topological polar surface area (TPSA) is 69.8 Å². The molecule has 2 aromatic rings. The number of nitrogens with one attached hydrogen (secondary N) is 3. The number of thiophene rings is 1. The Morgan fingerprint density at radius 3 is 3.10 bits per heavy atom. The van der Waals surface area contributed by atoms with Crippen LogP contribution in [0.2, 0.25) is 0 Å². The monoisotopic (exact) mass is 326 g/mol. The molecule has 0 saturated carbocycles. The third-order valence-corrected chi connectivity index (χ3v) is 4.64. The number of carbonyl (C=O) groups excluding carboxylic acids is 1. The largest absolute Gasteiger partial charge is 0.346 e. The minimum atomic E-state index is -0.107. The van der Waals surface area contributed by atoms with Crippen LogP contribution in [0.15, 0.2) is 23.6 Å². The van der Waals surface area contributed by atoms with E-state index in [1.54, 1.807) is 11.3 Å². The van der Waals surface area contributed by atoms with Gasteiger partial charge < -0.3 is 10.6 Å². The number of amides is 1. The predicted octanol–water partition coefficient (Wildman–Crippen LogP) is 2.29. The number of aromatic amines is 1. The Labute approximate surface area is 133 Å². The standard InChI is InChI=1S/C14H18N4OS.ClH/c1-9-4-5-15-8-12(9)16-14(19)11-7-10(17-18-11)13-3-2-6-20-13;/h2-3,6-7,9,12,15H,4-5,8H2,1H3,(H,16,19)(H,17,18);1H. The molecule has 1 fully saturated rings. The minimum absolute atomic E-state index is 0. The number of hydrogen-bond donors (Lipinski definition) is 3. The van der Waals surface area contributed by atoms with Crippen LogP contribution in [0.5, 0.6) is 0 Å². The highest BCUT2D eigenvalue weighted by atomic mass is 35.5. The van der Waals surface area contributed by atoms with E-state index < -0.39 is 0 Å². The van der Waals surface area contributed by atoms with Crippen molar-refractivity contribution in [2.45, 2.75) is 19.4 Å². The Morgan fingerprint density at radius 1 is 1.52 bits per heavy atom. The number of carbonyl (C=O) groups is 1. The number of nitrogens with zero attached hydrogens (tertiary/aromatic N) is 1. The Morgan fingerprint density at radius 2 is 2.38 bits per heavy atom. The van der Waals surface area contributed by atoms with Crippen LogP contribution in [0, 0.1) is 5.92 Å². The third kappa shape index (κ3) is 3.64. The van der Waals surface area contributed by atoms with Crippen molar-refractivity contribution in [2.75, 3.05) is 13.1 Å². The summed E-state index contributed by atoms with van der Waals surface area (Å²) in [5.74, 6) is 0.389. The molecule has 21 heavy (non-hydrogen) atoms. The van der Waals surface area contributed by atoms with E-state index in [0.717, 1.165) is 30.1 Å². The molecule has 3 N–H and O–H groups in total. The molecular formula is C14H19ClN4OS. The summed E-state index contributed by atoms with van der Waals surface area (Å²) in [4.78, 5) is 13.3. The molecule has 0 spiro atoms. The highest BCUT2D eigenvalue weighted by Crippen LogP contribution is 2.23. The zero-order valence-electron chi connectivity index (χ0n) is 11.8. The molecule has 0 radical (unpaired) electrons. The molecule has 1 aliphatic heterocycles. The lowest BCUT2D eigenvalue weighted by Gasteiger charge is -2.29. The van der Waals surface area contributed by atoms with Crippen molar-refractivity contribution in [3.8, 4) is 10.6 Å². The van der Waals surface area contributed by atoms with Gasteiger partial charge in [0.25, 0.3) is 5.91 Å². The van der Waals surface area contributed by atoms with Crippen LogP contribution in [-0.2, 0) is 0 Å². The van der Waals surface area contributed by atoms with Gasteiger partial charge in [-0.2, -0.15) is 5.10 Å². The molecule has 5 nitrogen and oxygen atoms in total. The molecule has 3 heterocycles. The van der Waals surface area contributed by atoms with Crippen LogP contribution in [-0.4, -0.2) is 35.2 Å². The highest BCUT2D eigenvalue weighted by Gasteiger charge is 2.24. The van der Waals surface area contributed by atoms with Gasteiger partial charge in [0, 0.05) is 12.6 Å². The van der Waals surface area contributed by atoms with Gasteiger partial charge in [-0.15, -0.1) is 23.7 Å². The first-order valence-corrected chi connectivity index (χ1v) is 7.73. The molecule has 7 heteroatoms. The van der Waals surface area contributed by atoms with Crippen molar-refractivity contribution >= 4 is 29.7 Å². The Hall–Kier alpha value is -1.37. The summed E-state index contributed by atoms with van der Waals surface area (Å²) < 4.78 is 0. The van der Waals surface area contributed by atoms with Crippen LogP contribution >= 0.6 is 23.7 Å². The van der Waals surface area contributed by atoms with Crippen LogP contribution in [0.3, 0.4) is 0 Å². The molecule has 114 valence electrons. The van der Waals surface area contributed by atoms with Crippen molar-refractivity contribution in [3.05, 3.63) is 29.3 Å². The van der Waals surface area contributed by atoms with Crippen molar-refractivity contribution in [3.63, 3.8) is 0 Å². The van der Waals surface area contributed by atoms with Crippen molar-refractivity contribution in [1.29, 1.82) is 0 Å². The summed E-state index contributed by atoms with van der Waals surface area (Å²) in [6, 6.07) is 5.98. The summed E-state index contributed by atoms with van der Waals surface area (Å²) in [5, 5.41) is 15.4. The van der Waals surface area contributed by atoms with E-state index in [-0.39, 0.29) is 24.4 Å². The number of aromatic nitrogens is 2. The molecule has 3 rings (SSSR count). The smallest absolute Gasteiger partial charge is 0.272 e. The van der Waals surface area contributed by atoms with Crippen LogP contribution < -0.4 is 10.6 Å². The van der Waals surface area contributed by atoms with Crippen LogP contribution in [0.4, 0.5) is 0 Å². The van der Waals surface area contributed by atoms with E-state index in [4.69, 9.17) is 0 Å². The summed E-state index contributed by atoms with van der Waals surface area (Å²) in [5.41, 5.74) is 1.34. The second-order valence-corrected chi connectivity index (χ2v) is 6.14. The number of piperidine rings is 1. The van der Waals surface area contributed by atoms with Gasteiger partial charge in [0.2, 0.25) is 0 Å². The fourth-order valence-electron chi connectivity index (χ4n) is 2.42. The maximum absolute atomic E-state index is 12.2. The van der Waals surface area contributed by atoms with Gasteiger partial charge in [-0.1, -0.05) is 13.0 Å². The van der Waals surface area contributed by atoms with E-state index in [1.165, 1.54) is 0 Å². The average molecular weight is 327 g/mol. The van der Waals surface area contributed by atoms with E-state index >= 15 is 0 Å². The maximum Gasteiger partial charge on any atom is 0.272 e. The van der Waals surface area contributed by atoms with Gasteiger partial charge in [-0.05, 0) is 36.4 Å². The van der Waals surface area contributed by atoms with E-state index in [0.29, 0.717) is 11.6 Å². The van der Waals surface area contributed by atoms with Crippen molar-refractivity contribution in [1.82, 2.24) is 20.8 Å². The van der Waals surface area contributed by atoms with Gasteiger partial charge in [-0.25, -0.2) is 0 Å². The zero-order valence-corrected chi connectivity index (χ0v) is 13.4. The normalized spacial score (nSPS) is 21.6. The first-order valence-electron chi connectivity index (χ1n) is 6.85. The van der Waals surface area contributed by atoms with Gasteiger partial charge in [0.1, 0.15) is 0 Å². The van der Waals surface area contributed by atoms with E-state index in [9.17, 15) is 4.79 Å². The molecule has 1 saturated heterocycles. The van der Waals surface area contributed by atoms with Gasteiger partial charge in [0.05, 0.1) is 10.6 Å². The Balaban J connectivity index is 0.00000161. The minimum Gasteiger partial charge on any atom is -0.346 e. The molecule has 0 aliphatic carbocycles. The maximum atomic E-state index is 12.2. The summed E-state index contributed by atoms with van der Waals surface area (Å²) >= 11 is 1.62. The molecule has 0 aromatic carbocycles. The van der Waals surface area contributed by atoms with Crippen molar-refractivity contribution in [2.24, 2.45) is 5.92 Å². The zero-order chi connectivity index (χ0) is 13.9. The molecule has 2 unspecified atom stereocenters. The summed E-state index contributed by atoms with van der Waals surface area (Å²) in [7, 11) is 0. The fourth-order valence-corrected chi connectivity index (χ4v) is 3.11. The number of halogens is 1. The lowest BCUT2D eigenvalue weighted by Crippen LogP contribution is -2.50. The van der Waals surface area contributed by atoms with Gasteiger partial charge in [-0.3, -0.25) is 9.89 Å². The molecule has 1 amide bonds. The molecular weight excluding hydrogens is 308 g/mol. The molecule has 1 aliphatic rings. The number of H-pyrrole nitrogens is 1. The lowest BCUT2D eigenvalue weighted by molar-refractivity contribution is 0.0910. The summed E-state index contributed by atoms with van der Waals surface area (Å²) in [6.07, 6.45) is 1.09. The van der Waals surface area contributed by atoms with E-state index in [2.05, 4.69) is 27.8 Å². The SMILES string of the molecule is CC1CCNCC1NC(=O)c1cc(-c2cccs2)[nH]n1.Cl.